The highest BCUT2D eigenvalue weighted by Crippen LogP contribution is 2.19. The fraction of sp³-hybridized carbons (Fsp3) is 0.367. The van der Waals surface area contributed by atoms with Crippen LogP contribution in [0, 0.1) is 5.82 Å². The van der Waals surface area contributed by atoms with Crippen LogP contribution in [0.5, 0.6) is 17.2 Å². The second kappa shape index (κ2) is 14.4. The van der Waals surface area contributed by atoms with E-state index in [0.29, 0.717) is 30.9 Å². The van der Waals surface area contributed by atoms with Crippen molar-refractivity contribution in [2.24, 2.45) is 0 Å². The van der Waals surface area contributed by atoms with Crippen molar-refractivity contribution in [1.82, 2.24) is 15.5 Å². The Balaban J connectivity index is 1.09. The molecule has 3 aromatic carbocycles. The number of carbonyl (C=O) groups is 1. The molecular weight excluding hydrogens is 515 g/mol. The number of nitrogens with zero attached hydrogens (tertiary/aromatic N) is 1. The fourth-order valence-electron chi connectivity index (χ4n) is 4.49. The summed E-state index contributed by atoms with van der Waals surface area (Å²) < 4.78 is 19.4. The van der Waals surface area contributed by atoms with Crippen molar-refractivity contribution in [2.45, 2.75) is 38.0 Å². The Labute approximate surface area is 233 Å². The largest absolute Gasteiger partial charge is 0.508 e. The molecule has 1 atom stereocenters. The molecule has 1 saturated heterocycles. The first-order valence-electron chi connectivity index (χ1n) is 13.5. The number of phenolic OH excluding ortho intramolecular Hbond substituents is 2. The van der Waals surface area contributed by atoms with Crippen molar-refractivity contribution in [3.8, 4) is 17.2 Å². The van der Waals surface area contributed by atoms with Crippen molar-refractivity contribution < 1.29 is 29.2 Å². The number of rotatable bonds is 12. The highest BCUT2D eigenvalue weighted by Gasteiger charge is 2.22. The van der Waals surface area contributed by atoms with E-state index < -0.39 is 11.9 Å². The minimum atomic E-state index is -0.639. The third-order valence-corrected chi connectivity index (χ3v) is 6.82. The standard InChI is InChI=1S/C30H37FN4O5/c31-29-17-26(37)6-3-22(29)18-33-30(39)35-15-12-24(13-16-35)34-23-4-1-21(2-5-23)11-14-32-19-27(38)20-40-28-9-7-25(36)8-10-28/h1-10,17,24,27,32,34,36-38H,11-16,18-20H2,(H,33,39)/t27-/m0/s1. The average Bonchev–Trinajstić information content (AvgIpc) is 2.95. The van der Waals surface area contributed by atoms with E-state index in [1.54, 1.807) is 29.2 Å². The minimum absolute atomic E-state index is 0.0704. The van der Waals surface area contributed by atoms with E-state index in [1.807, 2.05) is 0 Å². The maximum absolute atomic E-state index is 13.9. The highest BCUT2D eigenvalue weighted by atomic mass is 19.1. The quantitative estimate of drug-likeness (QED) is 0.190. The van der Waals surface area contributed by atoms with Gasteiger partial charge in [0, 0.05) is 49.5 Å². The number of amides is 2. The van der Waals surface area contributed by atoms with Crippen LogP contribution < -0.4 is 20.7 Å². The molecule has 0 aromatic heterocycles. The number of halogens is 1. The summed E-state index contributed by atoms with van der Waals surface area (Å²) in [5.74, 6) is 0.0829. The molecule has 0 spiro atoms. The van der Waals surface area contributed by atoms with Gasteiger partial charge in [-0.1, -0.05) is 18.2 Å². The molecule has 214 valence electrons. The van der Waals surface area contributed by atoms with Gasteiger partial charge < -0.3 is 40.9 Å². The molecule has 1 aliphatic rings. The number of anilines is 1. The van der Waals surface area contributed by atoms with Crippen molar-refractivity contribution >= 4 is 11.7 Å². The summed E-state index contributed by atoms with van der Waals surface area (Å²) in [6, 6.07) is 18.6. The Morgan fingerprint density at radius 3 is 2.40 bits per heavy atom. The van der Waals surface area contributed by atoms with Gasteiger partial charge in [0.25, 0.3) is 0 Å². The van der Waals surface area contributed by atoms with E-state index in [9.17, 15) is 24.5 Å². The van der Waals surface area contributed by atoms with Gasteiger partial charge in [0.2, 0.25) is 0 Å². The smallest absolute Gasteiger partial charge is 0.317 e. The Kier molecular flexibility index (Phi) is 10.4. The number of urea groups is 1. The summed E-state index contributed by atoms with van der Waals surface area (Å²) >= 11 is 0. The molecular formula is C30H37FN4O5. The highest BCUT2D eigenvalue weighted by molar-refractivity contribution is 5.74. The lowest BCUT2D eigenvalue weighted by atomic mass is 10.0. The number of ether oxygens (including phenoxy) is 1. The molecule has 9 nitrogen and oxygen atoms in total. The second-order valence-corrected chi connectivity index (χ2v) is 9.95. The van der Waals surface area contributed by atoms with Crippen LogP contribution in [-0.2, 0) is 13.0 Å². The van der Waals surface area contributed by atoms with Gasteiger partial charge in [0.1, 0.15) is 35.8 Å². The van der Waals surface area contributed by atoms with Gasteiger partial charge >= 0.3 is 6.03 Å². The van der Waals surface area contributed by atoms with Gasteiger partial charge in [-0.25, -0.2) is 9.18 Å². The van der Waals surface area contributed by atoms with Crippen molar-refractivity contribution in [2.75, 3.05) is 38.1 Å². The number of nitrogens with one attached hydrogen (secondary N) is 3. The third kappa shape index (κ3) is 9.03. The summed E-state index contributed by atoms with van der Waals surface area (Å²) in [6.45, 7) is 2.60. The van der Waals surface area contributed by atoms with Crippen LogP contribution in [0.1, 0.15) is 24.0 Å². The Hall–Kier alpha value is -4.02. The van der Waals surface area contributed by atoms with Crippen LogP contribution in [0.3, 0.4) is 0 Å². The zero-order chi connectivity index (χ0) is 28.3. The van der Waals surface area contributed by atoms with E-state index in [4.69, 9.17) is 4.74 Å². The number of hydrogen-bond donors (Lipinski definition) is 6. The number of aliphatic hydroxyl groups excluding tert-OH is 1. The molecule has 6 N–H and O–H groups in total. The van der Waals surface area contributed by atoms with E-state index in [-0.39, 0.29) is 36.7 Å². The number of benzene rings is 3. The molecule has 0 radical (unpaired) electrons. The van der Waals surface area contributed by atoms with Gasteiger partial charge in [0.15, 0.2) is 0 Å². The van der Waals surface area contributed by atoms with Gasteiger partial charge in [-0.05, 0) is 73.8 Å². The van der Waals surface area contributed by atoms with Crippen LogP contribution in [0.15, 0.2) is 66.7 Å². The number of piperidine rings is 1. The van der Waals surface area contributed by atoms with Crippen molar-refractivity contribution in [1.29, 1.82) is 0 Å². The summed E-state index contributed by atoms with van der Waals surface area (Å²) in [5.41, 5.74) is 2.55. The SMILES string of the molecule is O=C(NCc1ccc(O)cc1F)N1CCC(Nc2ccc(CCNC[C@H](O)COc3ccc(O)cc3)cc2)CC1. The first-order chi connectivity index (χ1) is 19.4. The van der Waals surface area contributed by atoms with Crippen molar-refractivity contribution in [3.63, 3.8) is 0 Å². The predicted molar refractivity (Wildman–Crippen MR) is 151 cm³/mol. The molecule has 2 amide bonds. The molecule has 0 saturated carbocycles. The normalized spacial score (nSPS) is 14.5. The molecule has 3 aromatic rings. The van der Waals surface area contributed by atoms with Crippen LogP contribution in [-0.4, -0.2) is 71.2 Å². The third-order valence-electron chi connectivity index (χ3n) is 6.82. The number of hydrogen-bond acceptors (Lipinski definition) is 7. The topological polar surface area (TPSA) is 126 Å². The molecule has 1 aliphatic heterocycles. The number of aromatic hydroxyl groups is 2. The molecule has 0 bridgehead atoms. The summed E-state index contributed by atoms with van der Waals surface area (Å²) in [7, 11) is 0. The van der Waals surface area contributed by atoms with Gasteiger partial charge in [-0.3, -0.25) is 0 Å². The zero-order valence-electron chi connectivity index (χ0n) is 22.4. The first kappa shape index (κ1) is 29.0. The Morgan fingerprint density at radius 2 is 1.70 bits per heavy atom. The second-order valence-electron chi connectivity index (χ2n) is 9.95. The fourth-order valence-corrected chi connectivity index (χ4v) is 4.49. The lowest BCUT2D eigenvalue weighted by Crippen LogP contribution is -2.46. The molecule has 40 heavy (non-hydrogen) atoms. The number of likely N-dealkylation sites (tertiary alicyclic amines) is 1. The summed E-state index contributed by atoms with van der Waals surface area (Å²) in [4.78, 5) is 14.2. The summed E-state index contributed by atoms with van der Waals surface area (Å²) in [5, 5.41) is 38.2. The van der Waals surface area contributed by atoms with Gasteiger partial charge in [-0.15, -0.1) is 0 Å². The monoisotopic (exact) mass is 552 g/mol. The maximum atomic E-state index is 13.9. The predicted octanol–water partition coefficient (Wildman–Crippen LogP) is 3.60. The van der Waals surface area contributed by atoms with Gasteiger partial charge in [-0.2, -0.15) is 0 Å². The lowest BCUT2D eigenvalue weighted by molar-refractivity contribution is 0.106. The van der Waals surface area contributed by atoms with E-state index in [2.05, 4.69) is 40.2 Å². The van der Waals surface area contributed by atoms with Crippen LogP contribution >= 0.6 is 0 Å². The Bertz CT molecular complexity index is 1220. The van der Waals surface area contributed by atoms with Gasteiger partial charge in [0.05, 0.1) is 0 Å². The first-order valence-corrected chi connectivity index (χ1v) is 13.5. The van der Waals surface area contributed by atoms with Crippen LogP contribution in [0.2, 0.25) is 0 Å². The lowest BCUT2D eigenvalue weighted by Gasteiger charge is -2.33. The molecule has 4 rings (SSSR count). The van der Waals surface area contributed by atoms with E-state index in [1.165, 1.54) is 17.7 Å². The van der Waals surface area contributed by atoms with E-state index in [0.717, 1.165) is 37.6 Å². The average molecular weight is 553 g/mol. The number of aliphatic hydroxyl groups is 1. The summed E-state index contributed by atoms with van der Waals surface area (Å²) in [6.07, 6.45) is 1.81. The van der Waals surface area contributed by atoms with Crippen LogP contribution in [0.25, 0.3) is 0 Å². The minimum Gasteiger partial charge on any atom is -0.508 e. The molecule has 0 aliphatic carbocycles. The molecule has 0 unspecified atom stereocenters. The zero-order valence-corrected chi connectivity index (χ0v) is 22.4. The maximum Gasteiger partial charge on any atom is 0.317 e. The molecule has 10 heteroatoms. The van der Waals surface area contributed by atoms with Crippen LogP contribution in [0.4, 0.5) is 14.9 Å². The molecule has 1 fully saturated rings. The number of carbonyl (C=O) groups excluding carboxylic acids is 1. The van der Waals surface area contributed by atoms with Crippen molar-refractivity contribution in [3.05, 3.63) is 83.7 Å². The van der Waals surface area contributed by atoms with E-state index >= 15 is 0 Å². The molecule has 1 heterocycles. The number of phenols is 2. The Morgan fingerprint density at radius 1 is 1.00 bits per heavy atom.